The van der Waals surface area contributed by atoms with Crippen molar-refractivity contribution in [3.63, 3.8) is 0 Å². The number of hydrogen-bond acceptors (Lipinski definition) is 1. The summed E-state index contributed by atoms with van der Waals surface area (Å²) in [6, 6.07) is 0.651. The lowest BCUT2D eigenvalue weighted by atomic mass is 9.71. The van der Waals surface area contributed by atoms with Crippen molar-refractivity contribution in [2.45, 2.75) is 93.2 Å². The Morgan fingerprint density at radius 3 is 1.81 bits per heavy atom. The number of fused-ring (bicyclic) bond motifs is 3. The van der Waals surface area contributed by atoms with Crippen molar-refractivity contribution >= 4 is 0 Å². The third kappa shape index (κ3) is 3.38. The Kier molecular flexibility index (Phi) is 4.16. The third-order valence-electron chi connectivity index (χ3n) is 5.41. The maximum atomic E-state index is 2.81. The first kappa shape index (κ1) is 17.1. The molecule has 1 nitrogen and oxygen atoms in total. The Balaban J connectivity index is 2.60. The molecule has 0 aromatic carbocycles. The first-order chi connectivity index (χ1) is 9.32. The van der Waals surface area contributed by atoms with Crippen molar-refractivity contribution in [3.8, 4) is 0 Å². The second kappa shape index (κ2) is 5.11. The zero-order valence-corrected chi connectivity index (χ0v) is 15.9. The predicted molar refractivity (Wildman–Crippen MR) is 93.5 cm³/mol. The molecule has 0 spiro atoms. The lowest BCUT2D eigenvalue weighted by Crippen LogP contribution is -2.53. The fourth-order valence-electron chi connectivity index (χ4n) is 4.52. The molecular formula is C20H37N. The maximum absolute atomic E-state index is 2.81. The summed E-state index contributed by atoms with van der Waals surface area (Å²) in [6.07, 6.45) is 4.09. The molecule has 0 aromatic heterocycles. The van der Waals surface area contributed by atoms with Crippen LogP contribution in [0.1, 0.15) is 81.6 Å². The molecule has 1 fully saturated rings. The molecule has 21 heavy (non-hydrogen) atoms. The molecule has 3 aliphatic rings. The molecule has 0 amide bonds. The smallest absolute Gasteiger partial charge is 0.0320 e. The molecule has 2 heterocycles. The Bertz CT molecular complexity index is 422. The van der Waals surface area contributed by atoms with E-state index in [1.54, 1.807) is 11.1 Å². The summed E-state index contributed by atoms with van der Waals surface area (Å²) in [5, 5.41) is 0. The highest BCUT2D eigenvalue weighted by molar-refractivity contribution is 5.33. The average molecular weight is 292 g/mol. The minimum atomic E-state index is 0.271. The van der Waals surface area contributed by atoms with Crippen molar-refractivity contribution < 1.29 is 0 Å². The summed E-state index contributed by atoms with van der Waals surface area (Å²) in [7, 11) is 0. The fraction of sp³-hybridized carbons (Fsp3) is 0.900. The van der Waals surface area contributed by atoms with Crippen LogP contribution in [0.4, 0.5) is 0 Å². The Hall–Kier alpha value is -0.300. The van der Waals surface area contributed by atoms with E-state index in [0.29, 0.717) is 11.5 Å². The van der Waals surface area contributed by atoms with E-state index >= 15 is 0 Å². The molecule has 0 radical (unpaired) electrons. The zero-order chi connectivity index (χ0) is 16.2. The molecule has 2 unspecified atom stereocenters. The van der Waals surface area contributed by atoms with Crippen LogP contribution in [-0.4, -0.2) is 23.0 Å². The van der Waals surface area contributed by atoms with Crippen LogP contribution in [0.25, 0.3) is 0 Å². The molecule has 0 aromatic rings. The minimum Gasteiger partial charge on any atom is -0.292 e. The number of allylic oxidation sites excluding steroid dienone is 1. The number of nitrogens with zero attached hydrogens (tertiary/aromatic N) is 1. The molecular weight excluding hydrogens is 254 g/mol. The molecule has 3 rings (SSSR count). The van der Waals surface area contributed by atoms with Gasteiger partial charge in [-0.15, -0.1) is 0 Å². The van der Waals surface area contributed by atoms with Crippen molar-refractivity contribution in [2.24, 2.45) is 16.7 Å². The largest absolute Gasteiger partial charge is 0.292 e. The third-order valence-corrected chi connectivity index (χ3v) is 5.41. The average Bonchev–Trinajstić information content (AvgIpc) is 2.53. The predicted octanol–water partition coefficient (Wildman–Crippen LogP) is 5.66. The van der Waals surface area contributed by atoms with Crippen molar-refractivity contribution in [2.75, 3.05) is 6.54 Å². The Morgan fingerprint density at radius 2 is 1.38 bits per heavy atom. The second-order valence-corrected chi connectivity index (χ2v) is 10.4. The summed E-state index contributed by atoms with van der Waals surface area (Å²) < 4.78 is 0. The van der Waals surface area contributed by atoms with Crippen molar-refractivity contribution in [1.82, 2.24) is 4.90 Å². The quantitative estimate of drug-likeness (QED) is 0.521. The van der Waals surface area contributed by atoms with E-state index in [1.807, 2.05) is 0 Å². The van der Waals surface area contributed by atoms with Gasteiger partial charge in [0.2, 0.25) is 0 Å². The van der Waals surface area contributed by atoms with Gasteiger partial charge in [-0.05, 0) is 62.4 Å². The summed E-state index contributed by atoms with van der Waals surface area (Å²) in [4.78, 5) is 2.81. The number of rotatable bonds is 0. The van der Waals surface area contributed by atoms with Crippen LogP contribution in [0.2, 0.25) is 0 Å². The van der Waals surface area contributed by atoms with Gasteiger partial charge in [-0.3, -0.25) is 4.90 Å². The van der Waals surface area contributed by atoms with Crippen LogP contribution < -0.4 is 0 Å². The van der Waals surface area contributed by atoms with Gasteiger partial charge in [0.15, 0.2) is 0 Å². The molecule has 0 N–H and O–H groups in total. The fourth-order valence-corrected chi connectivity index (χ4v) is 4.52. The Morgan fingerprint density at radius 1 is 0.810 bits per heavy atom. The molecule has 2 bridgehead atoms. The summed E-state index contributed by atoms with van der Waals surface area (Å²) in [5.41, 5.74) is 4.36. The normalized spacial score (nSPS) is 29.0. The summed E-state index contributed by atoms with van der Waals surface area (Å²) in [5.74, 6) is 0.856. The van der Waals surface area contributed by atoms with E-state index in [9.17, 15) is 0 Å². The van der Waals surface area contributed by atoms with E-state index in [0.717, 1.165) is 5.92 Å². The molecule has 1 heteroatoms. The maximum Gasteiger partial charge on any atom is 0.0320 e. The molecule has 2 atom stereocenters. The highest BCUT2D eigenvalue weighted by Crippen LogP contribution is 2.50. The first-order valence-electron chi connectivity index (χ1n) is 8.82. The van der Waals surface area contributed by atoms with Gasteiger partial charge < -0.3 is 0 Å². The van der Waals surface area contributed by atoms with Crippen LogP contribution in [0, 0.1) is 16.7 Å². The lowest BCUT2D eigenvalue weighted by molar-refractivity contribution is 0.0409. The van der Waals surface area contributed by atoms with E-state index in [2.05, 4.69) is 67.2 Å². The molecule has 1 aliphatic carbocycles. The van der Waals surface area contributed by atoms with Gasteiger partial charge in [0.05, 0.1) is 0 Å². The second-order valence-electron chi connectivity index (χ2n) is 10.4. The van der Waals surface area contributed by atoms with Gasteiger partial charge in [-0.25, -0.2) is 0 Å². The Labute approximate surface area is 133 Å². The highest BCUT2D eigenvalue weighted by Gasteiger charge is 2.45. The van der Waals surface area contributed by atoms with Gasteiger partial charge in [0.25, 0.3) is 0 Å². The van der Waals surface area contributed by atoms with Crippen molar-refractivity contribution in [3.05, 3.63) is 11.1 Å². The molecule has 2 aliphatic heterocycles. The summed E-state index contributed by atoms with van der Waals surface area (Å²) in [6.45, 7) is 23.0. The molecule has 1 saturated heterocycles. The van der Waals surface area contributed by atoms with Gasteiger partial charge in [-0.2, -0.15) is 0 Å². The van der Waals surface area contributed by atoms with Crippen LogP contribution in [0.5, 0.6) is 0 Å². The van der Waals surface area contributed by atoms with Gasteiger partial charge in [-0.1, -0.05) is 47.1 Å². The van der Waals surface area contributed by atoms with Crippen LogP contribution >= 0.6 is 0 Å². The van der Waals surface area contributed by atoms with Gasteiger partial charge in [0, 0.05) is 18.1 Å². The molecule has 122 valence electrons. The topological polar surface area (TPSA) is 3.24 Å². The van der Waals surface area contributed by atoms with E-state index in [-0.39, 0.29) is 11.0 Å². The van der Waals surface area contributed by atoms with Crippen LogP contribution in [0.15, 0.2) is 11.1 Å². The highest BCUT2D eigenvalue weighted by atomic mass is 15.2. The minimum absolute atomic E-state index is 0.271. The van der Waals surface area contributed by atoms with Gasteiger partial charge in [0.1, 0.15) is 0 Å². The van der Waals surface area contributed by atoms with Crippen LogP contribution in [-0.2, 0) is 0 Å². The lowest BCUT2D eigenvalue weighted by Gasteiger charge is -2.48. The number of hydrogen-bond donors (Lipinski definition) is 0. The van der Waals surface area contributed by atoms with Crippen LogP contribution in [0.3, 0.4) is 0 Å². The molecule has 0 saturated carbocycles. The van der Waals surface area contributed by atoms with Gasteiger partial charge >= 0.3 is 0 Å². The first-order valence-corrected chi connectivity index (χ1v) is 8.82. The van der Waals surface area contributed by atoms with E-state index < -0.39 is 0 Å². The van der Waals surface area contributed by atoms with E-state index in [4.69, 9.17) is 0 Å². The van der Waals surface area contributed by atoms with E-state index in [1.165, 1.54) is 25.8 Å². The number of piperidine rings is 1. The van der Waals surface area contributed by atoms with Crippen molar-refractivity contribution in [1.29, 1.82) is 0 Å². The SMILES string of the molecule is CC(C)(C)C1=C(C(C)(C)C)C2CCC(C1)CN2C(C)(C)C. The summed E-state index contributed by atoms with van der Waals surface area (Å²) >= 11 is 0. The monoisotopic (exact) mass is 291 g/mol. The zero-order valence-electron chi connectivity index (χ0n) is 15.9. The standard InChI is InChI=1S/C20H37N/c1-18(2,3)15-12-14-10-11-16(17(15)19(4,5)6)21(13-14)20(7,8)9/h14,16H,10-13H2,1-9H3.